The number of hydrogen-bond donors (Lipinski definition) is 1. The molecular weight excluding hydrogens is 356 g/mol. The second-order valence-electron chi connectivity index (χ2n) is 6.88. The molecular formula is C22H24N2O4. The lowest BCUT2D eigenvalue weighted by Gasteiger charge is -2.25. The third-order valence-electron chi connectivity index (χ3n) is 4.79. The number of carbonyl (C=O) groups is 1. The number of nitro benzene ring substituents is 1. The molecule has 1 N–H and O–H groups in total. The summed E-state index contributed by atoms with van der Waals surface area (Å²) in [7, 11) is 0. The number of nitrogens with zero attached hydrogens (tertiary/aromatic N) is 1. The highest BCUT2D eigenvalue weighted by atomic mass is 16.6. The van der Waals surface area contributed by atoms with Crippen LogP contribution in [0.2, 0.25) is 0 Å². The topological polar surface area (TPSA) is 81.5 Å². The first kappa shape index (κ1) is 19.6. The summed E-state index contributed by atoms with van der Waals surface area (Å²) in [6.45, 7) is 0. The standard InChI is InChI=1S/C22H24N2O4/c25-22(23-18-11-5-2-6-12-18)21(16-15-17-9-3-1-4-10-17)28-20-14-8-7-13-19(20)24(26)27/h1,3-4,7-10,13-16,18,21H,2,5-6,11-12H2,(H,23,25)/b16-15+. The Bertz CT molecular complexity index is 829. The Hall–Kier alpha value is -3.15. The minimum absolute atomic E-state index is 0.0778. The number of hydrogen-bond acceptors (Lipinski definition) is 4. The molecule has 28 heavy (non-hydrogen) atoms. The van der Waals surface area contributed by atoms with Crippen LogP contribution in [0.1, 0.15) is 37.7 Å². The van der Waals surface area contributed by atoms with Crippen molar-refractivity contribution in [1.29, 1.82) is 0 Å². The minimum Gasteiger partial charge on any atom is -0.469 e. The van der Waals surface area contributed by atoms with Gasteiger partial charge in [-0.05, 0) is 30.5 Å². The molecule has 6 heteroatoms. The molecule has 1 unspecified atom stereocenters. The molecule has 2 aromatic carbocycles. The Morgan fingerprint density at radius 1 is 1.07 bits per heavy atom. The quantitative estimate of drug-likeness (QED) is 0.566. The highest BCUT2D eigenvalue weighted by molar-refractivity contribution is 5.84. The maximum Gasteiger partial charge on any atom is 0.310 e. The molecule has 0 aromatic heterocycles. The van der Waals surface area contributed by atoms with Gasteiger partial charge < -0.3 is 10.1 Å². The van der Waals surface area contributed by atoms with Crippen molar-refractivity contribution in [3.63, 3.8) is 0 Å². The van der Waals surface area contributed by atoms with E-state index in [1.165, 1.54) is 18.6 Å². The van der Waals surface area contributed by atoms with E-state index in [1.807, 2.05) is 30.3 Å². The minimum atomic E-state index is -0.955. The summed E-state index contributed by atoms with van der Waals surface area (Å²) in [6.07, 6.45) is 7.77. The Balaban J connectivity index is 1.80. The lowest BCUT2D eigenvalue weighted by Crippen LogP contribution is -2.43. The van der Waals surface area contributed by atoms with E-state index in [2.05, 4.69) is 5.32 Å². The summed E-state index contributed by atoms with van der Waals surface area (Å²) >= 11 is 0. The summed E-state index contributed by atoms with van der Waals surface area (Å²) in [5.41, 5.74) is 0.759. The van der Waals surface area contributed by atoms with Crippen LogP contribution in [-0.2, 0) is 4.79 Å². The van der Waals surface area contributed by atoms with Gasteiger partial charge in [-0.3, -0.25) is 14.9 Å². The molecule has 1 saturated carbocycles. The normalized spacial score (nSPS) is 15.9. The van der Waals surface area contributed by atoms with Crippen LogP contribution < -0.4 is 10.1 Å². The molecule has 146 valence electrons. The van der Waals surface area contributed by atoms with Gasteiger partial charge in [0.05, 0.1) is 4.92 Å². The maximum absolute atomic E-state index is 12.9. The number of rotatable bonds is 7. The predicted molar refractivity (Wildman–Crippen MR) is 108 cm³/mol. The Morgan fingerprint density at radius 3 is 2.46 bits per heavy atom. The maximum atomic E-state index is 12.9. The summed E-state index contributed by atoms with van der Waals surface area (Å²) < 4.78 is 5.79. The second kappa shape index (κ2) is 9.69. The fraction of sp³-hybridized carbons (Fsp3) is 0.318. The third kappa shape index (κ3) is 5.42. The van der Waals surface area contributed by atoms with E-state index in [1.54, 1.807) is 24.3 Å². The van der Waals surface area contributed by atoms with Crippen LogP contribution >= 0.6 is 0 Å². The molecule has 0 saturated heterocycles. The monoisotopic (exact) mass is 380 g/mol. The van der Waals surface area contributed by atoms with E-state index in [4.69, 9.17) is 4.74 Å². The summed E-state index contributed by atoms with van der Waals surface area (Å²) in [4.78, 5) is 23.6. The van der Waals surface area contributed by atoms with Crippen molar-refractivity contribution in [2.45, 2.75) is 44.2 Å². The smallest absolute Gasteiger partial charge is 0.310 e. The molecule has 0 aliphatic heterocycles. The van der Waals surface area contributed by atoms with Gasteiger partial charge in [0.15, 0.2) is 11.9 Å². The van der Waals surface area contributed by atoms with Gasteiger partial charge in [-0.25, -0.2) is 0 Å². The molecule has 0 bridgehead atoms. The first-order valence-electron chi connectivity index (χ1n) is 9.57. The largest absolute Gasteiger partial charge is 0.469 e. The lowest BCUT2D eigenvalue weighted by molar-refractivity contribution is -0.385. The van der Waals surface area contributed by atoms with Gasteiger partial charge in [0.25, 0.3) is 5.91 Å². The SMILES string of the molecule is O=C(NC1CCCCC1)C(/C=C/c1ccccc1)Oc1ccccc1[N+](=O)[O-]. The van der Waals surface area contributed by atoms with Gasteiger partial charge in [-0.15, -0.1) is 0 Å². The molecule has 6 nitrogen and oxygen atoms in total. The van der Waals surface area contributed by atoms with Crippen LogP contribution in [0, 0.1) is 10.1 Å². The molecule has 1 amide bonds. The zero-order valence-corrected chi connectivity index (χ0v) is 15.6. The summed E-state index contributed by atoms with van der Waals surface area (Å²) in [5, 5.41) is 14.3. The Labute approximate surface area is 164 Å². The van der Waals surface area contributed by atoms with Crippen molar-refractivity contribution in [2.75, 3.05) is 0 Å². The van der Waals surface area contributed by atoms with Crippen molar-refractivity contribution >= 4 is 17.7 Å². The van der Waals surface area contributed by atoms with Crippen molar-refractivity contribution in [1.82, 2.24) is 5.32 Å². The van der Waals surface area contributed by atoms with Gasteiger partial charge >= 0.3 is 5.69 Å². The molecule has 2 aromatic rings. The number of para-hydroxylation sites is 2. The molecule has 1 atom stereocenters. The molecule has 1 aliphatic rings. The number of carbonyl (C=O) groups excluding carboxylic acids is 1. The third-order valence-corrected chi connectivity index (χ3v) is 4.79. The second-order valence-corrected chi connectivity index (χ2v) is 6.88. The summed E-state index contributed by atoms with van der Waals surface area (Å²) in [5.74, 6) is -0.203. The molecule has 1 aliphatic carbocycles. The van der Waals surface area contributed by atoms with Crippen molar-refractivity contribution in [3.05, 3.63) is 76.4 Å². The number of ether oxygens (including phenoxy) is 1. The van der Waals surface area contributed by atoms with E-state index < -0.39 is 11.0 Å². The van der Waals surface area contributed by atoms with Crippen LogP contribution in [-0.4, -0.2) is 23.0 Å². The van der Waals surface area contributed by atoms with E-state index >= 15 is 0 Å². The zero-order chi connectivity index (χ0) is 19.8. The zero-order valence-electron chi connectivity index (χ0n) is 15.6. The number of nitrogens with one attached hydrogen (secondary N) is 1. The number of amides is 1. The molecule has 3 rings (SSSR count). The van der Waals surface area contributed by atoms with Crippen LogP contribution in [0.25, 0.3) is 6.08 Å². The van der Waals surface area contributed by atoms with Crippen molar-refractivity contribution < 1.29 is 14.5 Å². The predicted octanol–water partition coefficient (Wildman–Crippen LogP) is 4.50. The lowest BCUT2D eigenvalue weighted by atomic mass is 9.95. The Morgan fingerprint density at radius 2 is 1.75 bits per heavy atom. The van der Waals surface area contributed by atoms with Crippen LogP contribution in [0.4, 0.5) is 5.69 Å². The van der Waals surface area contributed by atoms with E-state index in [9.17, 15) is 14.9 Å². The highest BCUT2D eigenvalue weighted by Crippen LogP contribution is 2.27. The van der Waals surface area contributed by atoms with Crippen LogP contribution in [0.3, 0.4) is 0 Å². The average molecular weight is 380 g/mol. The highest BCUT2D eigenvalue weighted by Gasteiger charge is 2.25. The molecule has 1 fully saturated rings. The number of benzene rings is 2. The molecule has 0 heterocycles. The Kier molecular flexibility index (Phi) is 6.78. The van der Waals surface area contributed by atoms with E-state index in [-0.39, 0.29) is 23.4 Å². The van der Waals surface area contributed by atoms with Gasteiger partial charge in [0, 0.05) is 12.1 Å². The molecule has 0 radical (unpaired) electrons. The van der Waals surface area contributed by atoms with E-state index in [0.29, 0.717) is 0 Å². The summed E-state index contributed by atoms with van der Waals surface area (Å²) in [6, 6.07) is 15.8. The number of nitro groups is 1. The average Bonchev–Trinajstić information content (AvgIpc) is 2.72. The van der Waals surface area contributed by atoms with E-state index in [0.717, 1.165) is 31.2 Å². The van der Waals surface area contributed by atoms with Gasteiger partial charge in [0.1, 0.15) is 0 Å². The fourth-order valence-electron chi connectivity index (χ4n) is 3.32. The van der Waals surface area contributed by atoms with Gasteiger partial charge in [0.2, 0.25) is 0 Å². The van der Waals surface area contributed by atoms with Crippen molar-refractivity contribution in [2.24, 2.45) is 0 Å². The van der Waals surface area contributed by atoms with Gasteiger partial charge in [-0.2, -0.15) is 0 Å². The van der Waals surface area contributed by atoms with Crippen LogP contribution in [0.5, 0.6) is 5.75 Å². The first-order valence-corrected chi connectivity index (χ1v) is 9.57. The van der Waals surface area contributed by atoms with Crippen molar-refractivity contribution in [3.8, 4) is 5.75 Å². The molecule has 0 spiro atoms. The fourth-order valence-corrected chi connectivity index (χ4v) is 3.32. The van der Waals surface area contributed by atoms with Gasteiger partial charge in [-0.1, -0.05) is 67.8 Å². The van der Waals surface area contributed by atoms with Crippen LogP contribution in [0.15, 0.2) is 60.7 Å². The first-order chi connectivity index (χ1) is 13.6.